The summed E-state index contributed by atoms with van der Waals surface area (Å²) < 4.78 is 0. The standard InChI is InChI=1S/C19H27N5O2S/c1-19(7-9-24(10-8-19)14(25)11-23(3)4)13-6-5-12-15(20)16(17(26)21-2)27-18(12)22-13/h5-6H,7-11,20H2,1-4H3,(H,21,26). The molecule has 2 amide bonds. The minimum atomic E-state index is -0.184. The van der Waals surface area contributed by atoms with Crippen LogP contribution in [0.3, 0.4) is 0 Å². The highest BCUT2D eigenvalue weighted by Crippen LogP contribution is 2.38. The van der Waals surface area contributed by atoms with Gasteiger partial charge in [0.1, 0.15) is 9.71 Å². The molecule has 0 unspecified atom stereocenters. The third-order valence-corrected chi connectivity index (χ3v) is 6.43. The molecule has 0 spiro atoms. The third-order valence-electron chi connectivity index (χ3n) is 5.32. The summed E-state index contributed by atoms with van der Waals surface area (Å²) in [5.74, 6) is -0.0114. The van der Waals surface area contributed by atoms with Gasteiger partial charge in [0.05, 0.1) is 12.2 Å². The minimum Gasteiger partial charge on any atom is -0.397 e. The van der Waals surface area contributed by atoms with E-state index in [0.717, 1.165) is 41.8 Å². The summed E-state index contributed by atoms with van der Waals surface area (Å²) in [6.45, 7) is 4.11. The number of likely N-dealkylation sites (tertiary alicyclic amines) is 1. The Bertz CT molecular complexity index is 868. The Morgan fingerprint density at radius 2 is 2.00 bits per heavy atom. The monoisotopic (exact) mass is 389 g/mol. The van der Waals surface area contributed by atoms with E-state index in [0.29, 0.717) is 17.1 Å². The molecule has 3 heterocycles. The molecule has 1 aliphatic rings. The van der Waals surface area contributed by atoms with E-state index in [1.807, 2.05) is 36.0 Å². The summed E-state index contributed by atoms with van der Waals surface area (Å²) in [5.41, 5.74) is 7.53. The maximum atomic E-state index is 12.3. The van der Waals surface area contributed by atoms with E-state index in [9.17, 15) is 9.59 Å². The van der Waals surface area contributed by atoms with Crippen molar-refractivity contribution in [3.05, 3.63) is 22.7 Å². The number of fused-ring (bicyclic) bond motifs is 1. The van der Waals surface area contributed by atoms with E-state index in [1.165, 1.54) is 11.3 Å². The van der Waals surface area contributed by atoms with Gasteiger partial charge in [0.25, 0.3) is 5.91 Å². The number of rotatable bonds is 4. The van der Waals surface area contributed by atoms with Crippen molar-refractivity contribution in [1.82, 2.24) is 20.1 Å². The lowest BCUT2D eigenvalue weighted by Crippen LogP contribution is -2.46. The number of anilines is 1. The van der Waals surface area contributed by atoms with Crippen LogP contribution in [0.25, 0.3) is 10.2 Å². The molecule has 27 heavy (non-hydrogen) atoms. The first-order valence-corrected chi connectivity index (χ1v) is 9.91. The van der Waals surface area contributed by atoms with Crippen molar-refractivity contribution in [3.8, 4) is 0 Å². The molecule has 1 saturated heterocycles. The first kappa shape index (κ1) is 19.6. The van der Waals surface area contributed by atoms with Crippen LogP contribution in [0.4, 0.5) is 5.69 Å². The predicted octanol–water partition coefficient (Wildman–Crippen LogP) is 1.68. The quantitative estimate of drug-likeness (QED) is 0.830. The summed E-state index contributed by atoms with van der Waals surface area (Å²) in [7, 11) is 5.41. The smallest absolute Gasteiger partial charge is 0.263 e. The van der Waals surface area contributed by atoms with Crippen molar-refractivity contribution >= 4 is 39.1 Å². The van der Waals surface area contributed by atoms with E-state index in [1.54, 1.807) is 7.05 Å². The molecule has 2 aromatic rings. The Morgan fingerprint density at radius 1 is 1.33 bits per heavy atom. The van der Waals surface area contributed by atoms with Crippen molar-refractivity contribution in [2.75, 3.05) is 46.5 Å². The normalized spacial score (nSPS) is 16.7. The maximum absolute atomic E-state index is 12.3. The zero-order chi connectivity index (χ0) is 19.8. The average molecular weight is 390 g/mol. The highest BCUT2D eigenvalue weighted by Gasteiger charge is 2.35. The molecule has 8 heteroatoms. The number of nitrogens with zero attached hydrogens (tertiary/aromatic N) is 3. The van der Waals surface area contributed by atoms with Gasteiger partial charge in [0, 0.05) is 36.6 Å². The van der Waals surface area contributed by atoms with Crippen molar-refractivity contribution in [2.24, 2.45) is 0 Å². The molecule has 2 aromatic heterocycles. The number of nitrogens with one attached hydrogen (secondary N) is 1. The molecule has 3 rings (SSSR count). The maximum Gasteiger partial charge on any atom is 0.263 e. The predicted molar refractivity (Wildman–Crippen MR) is 109 cm³/mol. The van der Waals surface area contributed by atoms with Gasteiger partial charge in [0.2, 0.25) is 5.91 Å². The van der Waals surface area contributed by atoms with Crippen molar-refractivity contribution < 1.29 is 9.59 Å². The molecule has 0 aliphatic carbocycles. The van der Waals surface area contributed by atoms with Gasteiger partial charge in [-0.1, -0.05) is 6.92 Å². The number of pyridine rings is 1. The summed E-state index contributed by atoms with van der Waals surface area (Å²) in [6, 6.07) is 3.97. The molecule has 0 aromatic carbocycles. The molecule has 0 radical (unpaired) electrons. The van der Waals surface area contributed by atoms with Gasteiger partial charge in [-0.2, -0.15) is 0 Å². The largest absolute Gasteiger partial charge is 0.397 e. The number of hydrogen-bond acceptors (Lipinski definition) is 6. The first-order valence-electron chi connectivity index (χ1n) is 9.09. The summed E-state index contributed by atoms with van der Waals surface area (Å²) in [6.07, 6.45) is 1.74. The van der Waals surface area contributed by atoms with Crippen LogP contribution in [0.2, 0.25) is 0 Å². The van der Waals surface area contributed by atoms with Gasteiger partial charge in [-0.05, 0) is 39.1 Å². The van der Waals surface area contributed by atoms with Gasteiger partial charge in [-0.15, -0.1) is 11.3 Å². The number of amides is 2. The number of piperidine rings is 1. The molecule has 7 nitrogen and oxygen atoms in total. The van der Waals surface area contributed by atoms with E-state index in [-0.39, 0.29) is 17.2 Å². The number of nitrogens with two attached hydrogens (primary N) is 1. The van der Waals surface area contributed by atoms with Crippen LogP contribution in [-0.4, -0.2) is 67.4 Å². The van der Waals surface area contributed by atoms with Gasteiger partial charge < -0.3 is 20.9 Å². The van der Waals surface area contributed by atoms with Crippen LogP contribution >= 0.6 is 11.3 Å². The summed E-state index contributed by atoms with van der Waals surface area (Å²) in [5, 5.41) is 3.44. The van der Waals surface area contributed by atoms with Gasteiger partial charge in [-0.25, -0.2) is 4.98 Å². The minimum absolute atomic E-state index is 0.0883. The van der Waals surface area contributed by atoms with E-state index in [2.05, 4.69) is 12.2 Å². The second kappa shape index (κ2) is 7.44. The Kier molecular flexibility index (Phi) is 5.39. The highest BCUT2D eigenvalue weighted by atomic mass is 32.1. The van der Waals surface area contributed by atoms with Gasteiger partial charge in [-0.3, -0.25) is 9.59 Å². The molecule has 1 fully saturated rings. The highest BCUT2D eigenvalue weighted by molar-refractivity contribution is 7.21. The molecule has 3 N–H and O–H groups in total. The van der Waals surface area contributed by atoms with Crippen LogP contribution < -0.4 is 11.1 Å². The molecule has 146 valence electrons. The molecule has 0 atom stereocenters. The van der Waals surface area contributed by atoms with Gasteiger partial charge in [0.15, 0.2) is 0 Å². The topological polar surface area (TPSA) is 91.6 Å². The Hall–Kier alpha value is -2.19. The van der Waals surface area contributed by atoms with Crippen LogP contribution in [0.1, 0.15) is 35.1 Å². The van der Waals surface area contributed by atoms with Crippen molar-refractivity contribution in [1.29, 1.82) is 0 Å². The molecule has 0 saturated carbocycles. The fourth-order valence-corrected chi connectivity index (χ4v) is 4.53. The Morgan fingerprint density at radius 3 is 2.59 bits per heavy atom. The second-order valence-corrected chi connectivity index (χ2v) is 8.65. The lowest BCUT2D eigenvalue weighted by Gasteiger charge is -2.39. The SMILES string of the molecule is CNC(=O)c1sc2nc(C3(C)CCN(C(=O)CN(C)C)CC3)ccc2c1N. The summed E-state index contributed by atoms with van der Waals surface area (Å²) >= 11 is 1.33. The Labute approximate surface area is 163 Å². The van der Waals surface area contributed by atoms with E-state index < -0.39 is 0 Å². The van der Waals surface area contributed by atoms with E-state index in [4.69, 9.17) is 10.7 Å². The number of hydrogen-bond donors (Lipinski definition) is 2. The molecular formula is C19H27N5O2S. The van der Waals surface area contributed by atoms with Crippen LogP contribution in [0.15, 0.2) is 12.1 Å². The molecule has 1 aliphatic heterocycles. The van der Waals surface area contributed by atoms with Crippen LogP contribution in [-0.2, 0) is 10.2 Å². The Balaban J connectivity index is 1.81. The number of nitrogen functional groups attached to an aromatic ring is 1. The van der Waals surface area contributed by atoms with Crippen molar-refractivity contribution in [2.45, 2.75) is 25.2 Å². The molecular weight excluding hydrogens is 362 g/mol. The van der Waals surface area contributed by atoms with Crippen LogP contribution in [0.5, 0.6) is 0 Å². The average Bonchev–Trinajstić information content (AvgIpc) is 2.97. The first-order chi connectivity index (χ1) is 12.7. The second-order valence-electron chi connectivity index (χ2n) is 7.65. The van der Waals surface area contributed by atoms with Crippen molar-refractivity contribution in [3.63, 3.8) is 0 Å². The van der Waals surface area contributed by atoms with Gasteiger partial charge >= 0.3 is 0 Å². The molecule has 0 bridgehead atoms. The summed E-state index contributed by atoms with van der Waals surface area (Å²) in [4.78, 5) is 34.2. The fourth-order valence-electron chi connectivity index (χ4n) is 3.49. The fraction of sp³-hybridized carbons (Fsp3) is 0.526. The zero-order valence-electron chi connectivity index (χ0n) is 16.3. The zero-order valence-corrected chi connectivity index (χ0v) is 17.2. The lowest BCUT2D eigenvalue weighted by molar-refractivity contribution is -0.133. The number of aromatic nitrogens is 1. The third kappa shape index (κ3) is 3.77. The number of carbonyl (C=O) groups excluding carboxylic acids is 2. The number of likely N-dealkylation sites (N-methyl/N-ethyl adjacent to an activating group) is 1. The van der Waals surface area contributed by atoms with Crippen LogP contribution in [0, 0.1) is 0 Å². The number of carbonyl (C=O) groups is 2. The number of thiophene rings is 1. The van der Waals surface area contributed by atoms with E-state index >= 15 is 0 Å². The lowest BCUT2D eigenvalue weighted by atomic mass is 9.77.